The van der Waals surface area contributed by atoms with Gasteiger partial charge in [0.25, 0.3) is 5.91 Å². The molecule has 0 bridgehead atoms. The van der Waals surface area contributed by atoms with Crippen molar-refractivity contribution in [2.45, 2.75) is 57.8 Å². The van der Waals surface area contributed by atoms with Crippen LogP contribution in [0.3, 0.4) is 0 Å². The summed E-state index contributed by atoms with van der Waals surface area (Å²) in [6.07, 6.45) is 10.1. The van der Waals surface area contributed by atoms with Gasteiger partial charge in [0.15, 0.2) is 0 Å². The summed E-state index contributed by atoms with van der Waals surface area (Å²) in [4.78, 5) is 29.5. The number of piperidine rings is 1. The SMILES string of the molecule is O=C(c1cccc(OC[C@@H]2CCCN(C(=O)C3CCCCC3)C2)c1)N1CCCC1. The Labute approximate surface area is 174 Å². The van der Waals surface area contributed by atoms with Crippen LogP contribution in [-0.4, -0.2) is 54.4 Å². The third-order valence-corrected chi connectivity index (χ3v) is 6.75. The Balaban J connectivity index is 1.30. The molecule has 2 saturated heterocycles. The van der Waals surface area contributed by atoms with Crippen molar-refractivity contribution in [3.05, 3.63) is 29.8 Å². The Hall–Kier alpha value is -2.04. The van der Waals surface area contributed by atoms with E-state index in [1.54, 1.807) is 0 Å². The molecule has 3 aliphatic rings. The van der Waals surface area contributed by atoms with Crippen molar-refractivity contribution in [2.75, 3.05) is 32.8 Å². The Morgan fingerprint density at radius 1 is 0.897 bits per heavy atom. The highest BCUT2D eigenvalue weighted by molar-refractivity contribution is 5.94. The standard InChI is InChI=1S/C24H34N2O3/c27-23(20-9-2-1-3-10-20)26-15-7-8-19(17-26)18-29-22-12-6-11-21(16-22)24(28)25-13-4-5-14-25/h6,11-12,16,19-20H,1-5,7-10,13-15,17-18H2/t19-/m1/s1. The number of carbonyl (C=O) groups is 2. The topological polar surface area (TPSA) is 49.9 Å². The molecule has 0 unspecified atom stereocenters. The molecule has 5 nitrogen and oxygen atoms in total. The van der Waals surface area contributed by atoms with Crippen LogP contribution >= 0.6 is 0 Å². The van der Waals surface area contributed by atoms with Crippen molar-refractivity contribution in [3.8, 4) is 5.75 Å². The summed E-state index contributed by atoms with van der Waals surface area (Å²) >= 11 is 0. The van der Waals surface area contributed by atoms with E-state index >= 15 is 0 Å². The normalized spacial score (nSPS) is 23.2. The van der Waals surface area contributed by atoms with Crippen LogP contribution in [-0.2, 0) is 4.79 Å². The first-order valence-electron chi connectivity index (χ1n) is 11.5. The molecule has 3 fully saturated rings. The van der Waals surface area contributed by atoms with E-state index in [-0.39, 0.29) is 11.8 Å². The minimum absolute atomic E-state index is 0.106. The summed E-state index contributed by atoms with van der Waals surface area (Å²) in [5.41, 5.74) is 0.710. The second-order valence-corrected chi connectivity index (χ2v) is 8.97. The van der Waals surface area contributed by atoms with Gasteiger partial charge in [-0.1, -0.05) is 25.3 Å². The fourth-order valence-electron chi connectivity index (χ4n) is 5.04. The molecule has 1 aliphatic carbocycles. The predicted octanol–water partition coefficient (Wildman–Crippen LogP) is 4.12. The Kier molecular flexibility index (Phi) is 6.73. The molecular weight excluding hydrogens is 364 g/mol. The Morgan fingerprint density at radius 3 is 2.45 bits per heavy atom. The lowest BCUT2D eigenvalue weighted by molar-refractivity contribution is -0.138. The predicted molar refractivity (Wildman–Crippen MR) is 113 cm³/mol. The lowest BCUT2D eigenvalue weighted by Crippen LogP contribution is -2.44. The van der Waals surface area contributed by atoms with Crippen LogP contribution in [0.2, 0.25) is 0 Å². The summed E-state index contributed by atoms with van der Waals surface area (Å²) in [5.74, 6) is 1.85. The van der Waals surface area contributed by atoms with Gasteiger partial charge in [0.05, 0.1) is 6.61 Å². The number of hydrogen-bond donors (Lipinski definition) is 0. The molecule has 1 aromatic rings. The first-order chi connectivity index (χ1) is 14.2. The highest BCUT2D eigenvalue weighted by atomic mass is 16.5. The van der Waals surface area contributed by atoms with Crippen molar-refractivity contribution in [1.29, 1.82) is 0 Å². The lowest BCUT2D eigenvalue weighted by atomic mass is 9.87. The smallest absolute Gasteiger partial charge is 0.253 e. The van der Waals surface area contributed by atoms with Gasteiger partial charge in [0.1, 0.15) is 5.75 Å². The maximum Gasteiger partial charge on any atom is 0.253 e. The Morgan fingerprint density at radius 2 is 1.66 bits per heavy atom. The maximum atomic E-state index is 12.9. The van der Waals surface area contributed by atoms with E-state index in [1.165, 1.54) is 19.3 Å². The molecule has 2 heterocycles. The van der Waals surface area contributed by atoms with Gasteiger partial charge in [-0.3, -0.25) is 9.59 Å². The molecule has 0 aromatic heterocycles. The van der Waals surface area contributed by atoms with Crippen LogP contribution in [0.1, 0.15) is 68.1 Å². The van der Waals surface area contributed by atoms with Crippen LogP contribution in [0.5, 0.6) is 5.75 Å². The molecular formula is C24H34N2O3. The number of nitrogens with zero attached hydrogens (tertiary/aromatic N) is 2. The molecule has 2 amide bonds. The second kappa shape index (κ2) is 9.64. The Bertz CT molecular complexity index is 708. The van der Waals surface area contributed by atoms with Crippen molar-refractivity contribution in [1.82, 2.24) is 9.80 Å². The number of carbonyl (C=O) groups excluding carboxylic acids is 2. The van der Waals surface area contributed by atoms with Gasteiger partial charge in [-0.25, -0.2) is 0 Å². The molecule has 1 saturated carbocycles. The van der Waals surface area contributed by atoms with Gasteiger partial charge in [0.2, 0.25) is 5.91 Å². The van der Waals surface area contributed by atoms with Gasteiger partial charge in [0, 0.05) is 43.6 Å². The summed E-state index contributed by atoms with van der Waals surface area (Å²) in [6, 6.07) is 7.57. The average Bonchev–Trinajstić information content (AvgIpc) is 3.33. The van der Waals surface area contributed by atoms with E-state index in [0.717, 1.165) is 70.5 Å². The van der Waals surface area contributed by atoms with Crippen LogP contribution < -0.4 is 4.74 Å². The number of hydrogen-bond acceptors (Lipinski definition) is 3. The number of ether oxygens (including phenoxy) is 1. The highest BCUT2D eigenvalue weighted by Gasteiger charge is 2.30. The molecule has 5 heteroatoms. The molecule has 0 N–H and O–H groups in total. The zero-order chi connectivity index (χ0) is 20.1. The zero-order valence-corrected chi connectivity index (χ0v) is 17.5. The molecule has 2 aliphatic heterocycles. The average molecular weight is 399 g/mol. The summed E-state index contributed by atoms with van der Waals surface area (Å²) in [6.45, 7) is 4.02. The summed E-state index contributed by atoms with van der Waals surface area (Å²) < 4.78 is 6.06. The van der Waals surface area contributed by atoms with Crippen molar-refractivity contribution in [2.24, 2.45) is 11.8 Å². The van der Waals surface area contributed by atoms with Crippen LogP contribution in [0.25, 0.3) is 0 Å². The van der Waals surface area contributed by atoms with Crippen LogP contribution in [0, 0.1) is 11.8 Å². The molecule has 158 valence electrons. The van der Waals surface area contributed by atoms with E-state index in [0.29, 0.717) is 24.0 Å². The number of benzene rings is 1. The fraction of sp³-hybridized carbons (Fsp3) is 0.667. The maximum absolute atomic E-state index is 12.9. The van der Waals surface area contributed by atoms with Crippen molar-refractivity contribution in [3.63, 3.8) is 0 Å². The quantitative estimate of drug-likeness (QED) is 0.750. The highest BCUT2D eigenvalue weighted by Crippen LogP contribution is 2.28. The van der Waals surface area contributed by atoms with E-state index in [9.17, 15) is 9.59 Å². The lowest BCUT2D eigenvalue weighted by Gasteiger charge is -2.35. The largest absolute Gasteiger partial charge is 0.493 e. The van der Waals surface area contributed by atoms with Gasteiger partial charge < -0.3 is 14.5 Å². The monoisotopic (exact) mass is 398 g/mol. The summed E-state index contributed by atoms with van der Waals surface area (Å²) in [7, 11) is 0. The second-order valence-electron chi connectivity index (χ2n) is 8.97. The number of likely N-dealkylation sites (tertiary alicyclic amines) is 2. The first kappa shape index (κ1) is 20.2. The van der Waals surface area contributed by atoms with Gasteiger partial charge in [-0.05, 0) is 56.7 Å². The molecule has 0 radical (unpaired) electrons. The molecule has 29 heavy (non-hydrogen) atoms. The molecule has 1 aromatic carbocycles. The first-order valence-corrected chi connectivity index (χ1v) is 11.5. The van der Waals surface area contributed by atoms with Crippen LogP contribution in [0.4, 0.5) is 0 Å². The minimum atomic E-state index is 0.106. The fourth-order valence-corrected chi connectivity index (χ4v) is 5.04. The third kappa shape index (κ3) is 5.12. The van der Waals surface area contributed by atoms with Crippen molar-refractivity contribution >= 4 is 11.8 Å². The molecule has 0 spiro atoms. The summed E-state index contributed by atoms with van der Waals surface area (Å²) in [5, 5.41) is 0. The number of amides is 2. The van der Waals surface area contributed by atoms with E-state index < -0.39 is 0 Å². The van der Waals surface area contributed by atoms with E-state index in [4.69, 9.17) is 4.74 Å². The molecule has 4 rings (SSSR count). The van der Waals surface area contributed by atoms with Gasteiger partial charge >= 0.3 is 0 Å². The zero-order valence-electron chi connectivity index (χ0n) is 17.5. The van der Waals surface area contributed by atoms with E-state index in [2.05, 4.69) is 4.90 Å². The third-order valence-electron chi connectivity index (χ3n) is 6.75. The van der Waals surface area contributed by atoms with Crippen molar-refractivity contribution < 1.29 is 14.3 Å². The number of rotatable bonds is 5. The minimum Gasteiger partial charge on any atom is -0.493 e. The van der Waals surface area contributed by atoms with Gasteiger partial charge in [-0.15, -0.1) is 0 Å². The molecule has 1 atom stereocenters. The van der Waals surface area contributed by atoms with Crippen LogP contribution in [0.15, 0.2) is 24.3 Å². The van der Waals surface area contributed by atoms with Gasteiger partial charge in [-0.2, -0.15) is 0 Å². The van der Waals surface area contributed by atoms with E-state index in [1.807, 2.05) is 29.2 Å².